The fourth-order valence-corrected chi connectivity index (χ4v) is 6.22. The third-order valence-corrected chi connectivity index (χ3v) is 7.40. The molecule has 0 radical (unpaired) electrons. The minimum absolute atomic E-state index is 0.0558. The van der Waals surface area contributed by atoms with Crippen LogP contribution in [0.2, 0.25) is 0 Å². The Morgan fingerprint density at radius 2 is 1.86 bits per heavy atom. The van der Waals surface area contributed by atoms with E-state index in [0.29, 0.717) is 5.92 Å². The van der Waals surface area contributed by atoms with Crippen molar-refractivity contribution in [2.45, 2.75) is 70.6 Å². The molecule has 3 aromatic heterocycles. The summed E-state index contributed by atoms with van der Waals surface area (Å²) in [6.45, 7) is 9.15. The van der Waals surface area contributed by atoms with E-state index in [9.17, 15) is 0 Å². The molecule has 2 atom stereocenters. The Bertz CT molecular complexity index is 1280. The number of benzene rings is 1. The van der Waals surface area contributed by atoms with Gasteiger partial charge in [-0.05, 0) is 78.1 Å². The average Bonchev–Trinajstić information content (AvgIpc) is 3.38. The molecular weight excluding hydrogens is 354 g/mol. The fourth-order valence-electron chi connectivity index (χ4n) is 6.22. The Balaban J connectivity index is 1.56. The van der Waals surface area contributed by atoms with Crippen molar-refractivity contribution in [2.75, 3.05) is 0 Å². The zero-order valence-corrected chi connectivity index (χ0v) is 17.9. The van der Waals surface area contributed by atoms with Gasteiger partial charge in [-0.3, -0.25) is 9.38 Å². The van der Waals surface area contributed by atoms with E-state index in [1.165, 1.54) is 30.0 Å². The van der Waals surface area contributed by atoms with Gasteiger partial charge >= 0.3 is 0 Å². The molecule has 1 fully saturated rings. The van der Waals surface area contributed by atoms with Crippen LogP contribution >= 0.6 is 0 Å². The molecule has 2 bridgehead atoms. The maximum absolute atomic E-state index is 5.11. The van der Waals surface area contributed by atoms with Gasteiger partial charge in [-0.15, -0.1) is 0 Å². The summed E-state index contributed by atoms with van der Waals surface area (Å²) in [5, 5.41) is 2.62. The van der Waals surface area contributed by atoms with E-state index in [1.807, 2.05) is 6.20 Å². The first-order valence-corrected chi connectivity index (χ1v) is 11.2. The van der Waals surface area contributed by atoms with Crippen molar-refractivity contribution in [3.8, 4) is 0 Å². The van der Waals surface area contributed by atoms with Crippen molar-refractivity contribution in [3.05, 3.63) is 53.5 Å². The van der Waals surface area contributed by atoms with Gasteiger partial charge in [-0.25, -0.2) is 4.98 Å². The maximum Gasteiger partial charge on any atom is 0.145 e. The minimum Gasteiger partial charge on any atom is -0.298 e. The quantitative estimate of drug-likeness (QED) is 0.393. The van der Waals surface area contributed by atoms with Crippen LogP contribution in [0.1, 0.15) is 82.0 Å². The molecule has 2 unspecified atom stereocenters. The summed E-state index contributed by atoms with van der Waals surface area (Å²) in [5.74, 6) is 2.21. The van der Waals surface area contributed by atoms with Gasteiger partial charge in [0.25, 0.3) is 0 Å². The van der Waals surface area contributed by atoms with Gasteiger partial charge in [0.15, 0.2) is 0 Å². The molecule has 2 aliphatic rings. The highest BCUT2D eigenvalue weighted by Gasteiger charge is 2.37. The smallest absolute Gasteiger partial charge is 0.145 e. The van der Waals surface area contributed by atoms with Gasteiger partial charge < -0.3 is 0 Å². The van der Waals surface area contributed by atoms with Gasteiger partial charge in [0.1, 0.15) is 5.65 Å². The molecule has 1 saturated carbocycles. The second-order valence-electron chi connectivity index (χ2n) is 10.4. The van der Waals surface area contributed by atoms with Crippen LogP contribution in [-0.2, 0) is 5.41 Å². The Morgan fingerprint density at radius 1 is 1.10 bits per heavy atom. The lowest BCUT2D eigenvalue weighted by molar-refractivity contribution is 0.391. The van der Waals surface area contributed by atoms with E-state index in [2.05, 4.69) is 62.6 Å². The predicted octanol–water partition coefficient (Wildman–Crippen LogP) is 6.72. The van der Waals surface area contributed by atoms with Crippen molar-refractivity contribution < 1.29 is 0 Å². The van der Waals surface area contributed by atoms with Crippen LogP contribution in [-0.4, -0.2) is 14.4 Å². The van der Waals surface area contributed by atoms with Crippen LogP contribution in [0.5, 0.6) is 0 Å². The first-order chi connectivity index (χ1) is 13.9. The van der Waals surface area contributed by atoms with Crippen LogP contribution in [0.4, 0.5) is 0 Å². The molecule has 148 valence electrons. The third-order valence-electron chi connectivity index (χ3n) is 7.40. The summed E-state index contributed by atoms with van der Waals surface area (Å²) < 4.78 is 2.23. The molecule has 3 heterocycles. The molecule has 6 rings (SSSR count). The van der Waals surface area contributed by atoms with E-state index in [1.54, 1.807) is 11.1 Å². The van der Waals surface area contributed by atoms with Crippen molar-refractivity contribution in [1.29, 1.82) is 0 Å². The molecular formula is C26H29N3. The topological polar surface area (TPSA) is 30.2 Å². The molecule has 0 N–H and O–H groups in total. The standard InChI is InChI=1S/C26H29N3/c1-15(2)13-26(3,4)24-12-22-23(14-27-24)29-8-7-18-10-19-16-5-6-17(9-16)20(19)11-21(18)25(29)28-22/h7-8,10-12,14-17H,5-6,9,13H2,1-4H3. The zero-order valence-electron chi connectivity index (χ0n) is 17.9. The van der Waals surface area contributed by atoms with Gasteiger partial charge in [-0.1, -0.05) is 33.8 Å². The number of rotatable bonds is 3. The third kappa shape index (κ3) is 2.49. The lowest BCUT2D eigenvalue weighted by Crippen LogP contribution is -2.21. The molecule has 2 aliphatic carbocycles. The van der Waals surface area contributed by atoms with Crippen molar-refractivity contribution in [3.63, 3.8) is 0 Å². The summed E-state index contributed by atoms with van der Waals surface area (Å²) in [6, 6.07) is 9.37. The van der Waals surface area contributed by atoms with E-state index >= 15 is 0 Å². The highest BCUT2D eigenvalue weighted by molar-refractivity contribution is 5.99. The highest BCUT2D eigenvalue weighted by Crippen LogP contribution is 2.54. The second kappa shape index (κ2) is 5.81. The van der Waals surface area contributed by atoms with Crippen molar-refractivity contribution in [2.24, 2.45) is 5.92 Å². The van der Waals surface area contributed by atoms with Crippen LogP contribution in [0.15, 0.2) is 36.7 Å². The highest BCUT2D eigenvalue weighted by atomic mass is 15.0. The van der Waals surface area contributed by atoms with E-state index in [4.69, 9.17) is 9.97 Å². The number of imidazole rings is 1. The summed E-state index contributed by atoms with van der Waals surface area (Å²) in [7, 11) is 0. The summed E-state index contributed by atoms with van der Waals surface area (Å²) in [5.41, 5.74) is 7.63. The molecule has 4 aromatic rings. The predicted molar refractivity (Wildman–Crippen MR) is 120 cm³/mol. The Hall–Kier alpha value is -2.42. The first-order valence-electron chi connectivity index (χ1n) is 11.2. The van der Waals surface area contributed by atoms with Gasteiger partial charge in [-0.2, -0.15) is 0 Å². The molecule has 1 aromatic carbocycles. The molecule has 0 aliphatic heterocycles. The van der Waals surface area contributed by atoms with Crippen LogP contribution in [0.25, 0.3) is 27.5 Å². The van der Waals surface area contributed by atoms with Gasteiger partial charge in [0, 0.05) is 22.7 Å². The molecule has 0 saturated heterocycles. The Kier molecular flexibility index (Phi) is 3.49. The monoisotopic (exact) mass is 383 g/mol. The first kappa shape index (κ1) is 17.4. The average molecular weight is 384 g/mol. The number of fused-ring (bicyclic) bond motifs is 10. The molecule has 0 amide bonds. The number of aromatic nitrogens is 3. The zero-order chi connectivity index (χ0) is 19.9. The molecule has 0 spiro atoms. The van der Waals surface area contributed by atoms with Crippen LogP contribution in [0, 0.1) is 5.92 Å². The molecule has 29 heavy (non-hydrogen) atoms. The summed E-state index contributed by atoms with van der Waals surface area (Å²) in [6.07, 6.45) is 9.41. The summed E-state index contributed by atoms with van der Waals surface area (Å²) >= 11 is 0. The van der Waals surface area contributed by atoms with Crippen LogP contribution in [0.3, 0.4) is 0 Å². The second-order valence-corrected chi connectivity index (χ2v) is 10.4. The van der Waals surface area contributed by atoms with E-state index in [0.717, 1.165) is 40.6 Å². The number of nitrogens with zero attached hydrogens (tertiary/aromatic N) is 3. The largest absolute Gasteiger partial charge is 0.298 e. The van der Waals surface area contributed by atoms with E-state index < -0.39 is 0 Å². The van der Waals surface area contributed by atoms with Gasteiger partial charge in [0.05, 0.1) is 17.2 Å². The summed E-state index contributed by atoms with van der Waals surface area (Å²) in [4.78, 5) is 9.97. The van der Waals surface area contributed by atoms with Crippen molar-refractivity contribution >= 4 is 27.5 Å². The molecule has 3 nitrogen and oxygen atoms in total. The number of hydrogen-bond acceptors (Lipinski definition) is 2. The lowest BCUT2D eigenvalue weighted by atomic mass is 9.81. The Morgan fingerprint density at radius 3 is 2.62 bits per heavy atom. The number of hydrogen-bond donors (Lipinski definition) is 0. The fraction of sp³-hybridized carbons (Fsp3) is 0.462. The minimum atomic E-state index is 0.0558. The maximum atomic E-state index is 5.11. The molecule has 3 heteroatoms. The van der Waals surface area contributed by atoms with Gasteiger partial charge in [0.2, 0.25) is 0 Å². The normalized spacial score (nSPS) is 21.1. The number of pyridine rings is 2. The Labute approximate surface area is 172 Å². The lowest BCUT2D eigenvalue weighted by Gasteiger charge is -2.26. The van der Waals surface area contributed by atoms with Crippen LogP contribution < -0.4 is 0 Å². The van der Waals surface area contributed by atoms with E-state index in [-0.39, 0.29) is 5.41 Å². The SMILES string of the molecule is CC(C)CC(C)(C)c1cc2nc3c4cc5c(cc4ccn3c2cn1)C1CCC5C1. The van der Waals surface area contributed by atoms with Crippen molar-refractivity contribution in [1.82, 2.24) is 14.4 Å².